The Morgan fingerprint density at radius 1 is 1.17 bits per heavy atom. The van der Waals surface area contributed by atoms with Crippen LogP contribution in [0.5, 0.6) is 0 Å². The highest BCUT2D eigenvalue weighted by molar-refractivity contribution is 7.99. The minimum absolute atomic E-state index is 0.490. The van der Waals surface area contributed by atoms with E-state index in [0.717, 1.165) is 21.4 Å². The third kappa shape index (κ3) is 3.20. The molecule has 118 valence electrons. The Hall–Kier alpha value is -1.63. The van der Waals surface area contributed by atoms with E-state index in [0.29, 0.717) is 11.8 Å². The molecule has 6 heteroatoms. The van der Waals surface area contributed by atoms with Gasteiger partial charge in [0.15, 0.2) is 11.0 Å². The van der Waals surface area contributed by atoms with E-state index in [-0.39, 0.29) is 0 Å². The largest absolute Gasteiger partial charge is 0.388 e. The molecule has 0 aliphatic heterocycles. The van der Waals surface area contributed by atoms with Gasteiger partial charge in [0, 0.05) is 11.8 Å². The van der Waals surface area contributed by atoms with Crippen molar-refractivity contribution in [1.82, 2.24) is 14.8 Å². The van der Waals surface area contributed by atoms with Gasteiger partial charge in [-0.05, 0) is 29.9 Å². The maximum atomic E-state index is 10.3. The number of aromatic nitrogens is 3. The average molecular weight is 343 g/mol. The first-order chi connectivity index (χ1) is 11.3. The maximum Gasteiger partial charge on any atom is 0.191 e. The van der Waals surface area contributed by atoms with Crippen LogP contribution in [0.1, 0.15) is 30.6 Å². The van der Waals surface area contributed by atoms with Crippen LogP contribution in [-0.2, 0) is 0 Å². The third-order valence-corrected chi connectivity index (χ3v) is 5.76. The zero-order chi connectivity index (χ0) is 15.6. The summed E-state index contributed by atoms with van der Waals surface area (Å²) in [6.45, 7) is 0. The summed E-state index contributed by atoms with van der Waals surface area (Å²) < 4.78 is 2.24. The van der Waals surface area contributed by atoms with Crippen molar-refractivity contribution < 1.29 is 5.11 Å². The second-order valence-electron chi connectivity index (χ2n) is 5.62. The van der Waals surface area contributed by atoms with E-state index >= 15 is 0 Å². The van der Waals surface area contributed by atoms with Gasteiger partial charge in [-0.1, -0.05) is 48.2 Å². The Morgan fingerprint density at radius 2 is 2.00 bits per heavy atom. The fraction of sp³-hybridized carbons (Fsp3) is 0.294. The molecule has 1 atom stereocenters. The van der Waals surface area contributed by atoms with Crippen molar-refractivity contribution in [2.75, 3.05) is 5.75 Å². The van der Waals surface area contributed by atoms with Gasteiger partial charge in [0.25, 0.3) is 0 Å². The summed E-state index contributed by atoms with van der Waals surface area (Å²) in [7, 11) is 0. The van der Waals surface area contributed by atoms with Gasteiger partial charge in [-0.15, -0.1) is 21.5 Å². The van der Waals surface area contributed by atoms with Gasteiger partial charge >= 0.3 is 0 Å². The lowest BCUT2D eigenvalue weighted by molar-refractivity contribution is 0.204. The Morgan fingerprint density at radius 3 is 2.70 bits per heavy atom. The minimum Gasteiger partial charge on any atom is -0.388 e. The maximum absolute atomic E-state index is 10.3. The van der Waals surface area contributed by atoms with E-state index in [4.69, 9.17) is 0 Å². The van der Waals surface area contributed by atoms with Crippen molar-refractivity contribution in [3.63, 3.8) is 0 Å². The van der Waals surface area contributed by atoms with E-state index in [1.54, 1.807) is 23.1 Å². The molecule has 1 aliphatic carbocycles. The monoisotopic (exact) mass is 343 g/mol. The summed E-state index contributed by atoms with van der Waals surface area (Å²) >= 11 is 3.27. The predicted molar refractivity (Wildman–Crippen MR) is 93.7 cm³/mol. The lowest BCUT2D eigenvalue weighted by Gasteiger charge is -2.11. The van der Waals surface area contributed by atoms with Crippen molar-refractivity contribution in [1.29, 1.82) is 0 Å². The number of aliphatic hydroxyl groups is 1. The molecule has 0 saturated heterocycles. The fourth-order valence-corrected chi connectivity index (χ4v) is 4.21. The summed E-state index contributed by atoms with van der Waals surface area (Å²) in [5.74, 6) is 1.54. The van der Waals surface area contributed by atoms with Crippen LogP contribution in [0.2, 0.25) is 0 Å². The minimum atomic E-state index is -0.490. The van der Waals surface area contributed by atoms with Crippen molar-refractivity contribution in [2.45, 2.75) is 30.1 Å². The smallest absolute Gasteiger partial charge is 0.191 e. The number of aliphatic hydroxyl groups excluding tert-OH is 1. The van der Waals surface area contributed by atoms with E-state index in [1.807, 2.05) is 36.4 Å². The van der Waals surface area contributed by atoms with Crippen LogP contribution in [0.25, 0.3) is 10.7 Å². The van der Waals surface area contributed by atoms with Gasteiger partial charge in [-0.3, -0.25) is 4.57 Å². The Balaban J connectivity index is 1.53. The van der Waals surface area contributed by atoms with E-state index in [2.05, 4.69) is 26.2 Å². The molecule has 3 aromatic rings. The number of nitrogens with zero attached hydrogens (tertiary/aromatic N) is 3. The quantitative estimate of drug-likeness (QED) is 0.683. The van der Waals surface area contributed by atoms with Crippen molar-refractivity contribution in [3.8, 4) is 10.7 Å². The highest BCUT2D eigenvalue weighted by Crippen LogP contribution is 2.42. The normalized spacial score (nSPS) is 15.7. The second kappa shape index (κ2) is 6.47. The molecule has 1 aliphatic rings. The zero-order valence-electron chi connectivity index (χ0n) is 12.5. The summed E-state index contributed by atoms with van der Waals surface area (Å²) in [6, 6.07) is 14.4. The van der Waals surface area contributed by atoms with Crippen LogP contribution in [0, 0.1) is 0 Å². The number of benzene rings is 1. The molecule has 1 saturated carbocycles. The highest BCUT2D eigenvalue weighted by atomic mass is 32.2. The van der Waals surface area contributed by atoms with Crippen LogP contribution in [0.3, 0.4) is 0 Å². The molecule has 1 aromatic carbocycles. The van der Waals surface area contributed by atoms with Crippen LogP contribution in [0.4, 0.5) is 0 Å². The first-order valence-corrected chi connectivity index (χ1v) is 9.54. The third-order valence-electron chi connectivity index (χ3n) is 3.87. The number of hydrogen-bond acceptors (Lipinski definition) is 5. The van der Waals surface area contributed by atoms with Crippen LogP contribution in [-0.4, -0.2) is 25.6 Å². The molecule has 0 spiro atoms. The first-order valence-electron chi connectivity index (χ1n) is 7.67. The molecule has 4 rings (SSSR count). The summed E-state index contributed by atoms with van der Waals surface area (Å²) in [6.07, 6.45) is 1.88. The molecule has 2 aromatic heterocycles. The molecule has 0 radical (unpaired) electrons. The van der Waals surface area contributed by atoms with Gasteiger partial charge in [-0.25, -0.2) is 0 Å². The summed E-state index contributed by atoms with van der Waals surface area (Å²) in [4.78, 5) is 1.15. The topological polar surface area (TPSA) is 50.9 Å². The molecular weight excluding hydrogens is 326 g/mol. The molecule has 0 unspecified atom stereocenters. The first kappa shape index (κ1) is 14.9. The number of thiophene rings is 1. The molecule has 0 amide bonds. The van der Waals surface area contributed by atoms with Crippen molar-refractivity contribution >= 4 is 23.1 Å². The van der Waals surface area contributed by atoms with Gasteiger partial charge in [0.2, 0.25) is 0 Å². The lowest BCUT2D eigenvalue weighted by Crippen LogP contribution is -2.03. The molecule has 0 bridgehead atoms. The predicted octanol–water partition coefficient (Wildman–Crippen LogP) is 4.17. The van der Waals surface area contributed by atoms with Gasteiger partial charge in [0.1, 0.15) is 0 Å². The molecule has 1 fully saturated rings. The van der Waals surface area contributed by atoms with Crippen LogP contribution in [0.15, 0.2) is 53.0 Å². The Bertz CT molecular complexity index is 767. The van der Waals surface area contributed by atoms with Crippen molar-refractivity contribution in [2.24, 2.45) is 0 Å². The number of hydrogen-bond donors (Lipinski definition) is 1. The lowest BCUT2D eigenvalue weighted by atomic mass is 10.1. The standard InChI is InChI=1S/C17H17N3OS2/c21-14(12-5-2-1-3-6-12)11-23-17-19-18-16(15-7-4-10-22-15)20(17)13-8-9-13/h1-7,10,13-14,21H,8-9,11H2/t14-/m1/s1. The Kier molecular flexibility index (Phi) is 4.20. The van der Waals surface area contributed by atoms with E-state index < -0.39 is 6.10 Å². The SMILES string of the molecule is O[C@H](CSc1nnc(-c2cccs2)n1C1CC1)c1ccccc1. The molecule has 23 heavy (non-hydrogen) atoms. The van der Waals surface area contributed by atoms with Crippen LogP contribution < -0.4 is 0 Å². The molecule has 2 heterocycles. The summed E-state index contributed by atoms with van der Waals surface area (Å²) in [5, 5.41) is 22.1. The molecular formula is C17H17N3OS2. The highest BCUT2D eigenvalue weighted by Gasteiger charge is 2.30. The Labute approximate surface area is 143 Å². The summed E-state index contributed by atoms with van der Waals surface area (Å²) in [5.41, 5.74) is 0.941. The van der Waals surface area contributed by atoms with Crippen molar-refractivity contribution in [3.05, 3.63) is 53.4 Å². The zero-order valence-corrected chi connectivity index (χ0v) is 14.1. The molecule has 4 nitrogen and oxygen atoms in total. The van der Waals surface area contributed by atoms with Gasteiger partial charge < -0.3 is 5.11 Å². The van der Waals surface area contributed by atoms with E-state index in [9.17, 15) is 5.11 Å². The number of thioether (sulfide) groups is 1. The van der Waals surface area contributed by atoms with Gasteiger partial charge in [0.05, 0.1) is 11.0 Å². The fourth-order valence-electron chi connectivity index (χ4n) is 2.54. The second-order valence-corrected chi connectivity index (χ2v) is 7.56. The van der Waals surface area contributed by atoms with Crippen LogP contribution >= 0.6 is 23.1 Å². The van der Waals surface area contributed by atoms with Gasteiger partial charge in [-0.2, -0.15) is 0 Å². The molecule has 1 N–H and O–H groups in total. The average Bonchev–Trinajstić information content (AvgIpc) is 3.12. The number of rotatable bonds is 6. The van der Waals surface area contributed by atoms with E-state index in [1.165, 1.54) is 12.8 Å².